The lowest BCUT2D eigenvalue weighted by Crippen LogP contribution is -2.13. The van der Waals surface area contributed by atoms with Crippen molar-refractivity contribution in [3.63, 3.8) is 0 Å². The van der Waals surface area contributed by atoms with Crippen LogP contribution in [-0.2, 0) is 13.2 Å². The molecule has 1 N–H and O–H groups in total. The molecule has 2 aromatic carbocycles. The second kappa shape index (κ2) is 7.37. The number of hydrogen-bond donors (Lipinski definition) is 1. The summed E-state index contributed by atoms with van der Waals surface area (Å²) < 4.78 is 14.5. The number of pyridine rings is 1. The number of carbonyl (C=O) groups is 1. The number of benzene rings is 2. The molecular weight excluding hydrogens is 343 g/mol. The third-order valence-corrected chi connectivity index (χ3v) is 4.32. The number of alkyl halides is 1. The topological polar surface area (TPSA) is 59.8 Å². The fraction of sp³-hybridized carbons (Fsp3) is 0.0952. The molecule has 0 saturated carbocycles. The van der Waals surface area contributed by atoms with Crippen LogP contribution in [0, 0.1) is 0 Å². The van der Waals surface area contributed by atoms with Crippen molar-refractivity contribution in [1.29, 1.82) is 0 Å². The number of rotatable bonds is 5. The summed E-state index contributed by atoms with van der Waals surface area (Å²) in [7, 11) is 0. The molecule has 4 rings (SSSR count). The second-order valence-corrected chi connectivity index (χ2v) is 6.17. The molecule has 0 aliphatic carbocycles. The van der Waals surface area contributed by atoms with Crippen LogP contribution in [-0.4, -0.2) is 20.7 Å². The Kier molecular flexibility index (Phi) is 4.61. The van der Waals surface area contributed by atoms with Gasteiger partial charge in [0.1, 0.15) is 6.67 Å². The molecule has 1 amide bonds. The molecule has 6 heteroatoms. The maximum absolute atomic E-state index is 12.7. The quantitative estimate of drug-likeness (QED) is 0.580. The van der Waals surface area contributed by atoms with Crippen molar-refractivity contribution in [1.82, 2.24) is 14.8 Å². The van der Waals surface area contributed by atoms with Crippen molar-refractivity contribution >= 4 is 22.6 Å². The van der Waals surface area contributed by atoms with E-state index in [0.29, 0.717) is 23.5 Å². The largest absolute Gasteiger partial charge is 0.305 e. The van der Waals surface area contributed by atoms with Crippen molar-refractivity contribution in [3.05, 3.63) is 89.7 Å². The Bertz CT molecular complexity index is 1070. The van der Waals surface area contributed by atoms with E-state index in [0.717, 1.165) is 16.5 Å². The molecule has 0 fully saturated rings. The fourth-order valence-corrected chi connectivity index (χ4v) is 2.92. The lowest BCUT2D eigenvalue weighted by atomic mass is 10.1. The maximum atomic E-state index is 12.7. The Hall–Kier alpha value is -3.54. The standard InChI is InChI=1S/C21H17FN4O/c22-12-15-7-9-16(10-8-15)14-26-19-6-2-1-5-18(19)20(25-26)24-21(27)17-4-3-11-23-13-17/h1-11,13H,12,14H2,(H,24,25,27). The lowest BCUT2D eigenvalue weighted by Gasteiger charge is -2.04. The van der Waals surface area contributed by atoms with Crippen molar-refractivity contribution in [2.45, 2.75) is 13.2 Å². The summed E-state index contributed by atoms with van der Waals surface area (Å²) in [6, 6.07) is 18.4. The summed E-state index contributed by atoms with van der Waals surface area (Å²) in [5.74, 6) is 0.241. The highest BCUT2D eigenvalue weighted by Crippen LogP contribution is 2.24. The van der Waals surface area contributed by atoms with Gasteiger partial charge in [0.15, 0.2) is 5.82 Å². The molecule has 0 aliphatic rings. The van der Waals surface area contributed by atoms with Crippen LogP contribution < -0.4 is 5.32 Å². The normalized spacial score (nSPS) is 10.9. The van der Waals surface area contributed by atoms with Crippen LogP contribution in [0.2, 0.25) is 0 Å². The summed E-state index contributed by atoms with van der Waals surface area (Å²) in [5, 5.41) is 8.30. The molecule has 2 aromatic heterocycles. The van der Waals surface area contributed by atoms with Crippen molar-refractivity contribution < 1.29 is 9.18 Å². The highest BCUT2D eigenvalue weighted by atomic mass is 19.1. The molecule has 134 valence electrons. The first kappa shape index (κ1) is 16.9. The van der Waals surface area contributed by atoms with Crippen LogP contribution in [0.15, 0.2) is 73.1 Å². The van der Waals surface area contributed by atoms with Crippen LogP contribution in [0.25, 0.3) is 10.9 Å². The van der Waals surface area contributed by atoms with Gasteiger partial charge in [0.2, 0.25) is 0 Å². The number of amides is 1. The number of nitrogens with zero attached hydrogens (tertiary/aromatic N) is 3. The zero-order valence-corrected chi connectivity index (χ0v) is 14.5. The first-order valence-corrected chi connectivity index (χ1v) is 8.55. The van der Waals surface area contributed by atoms with Crippen LogP contribution in [0.4, 0.5) is 10.2 Å². The van der Waals surface area contributed by atoms with Gasteiger partial charge in [-0.2, -0.15) is 5.10 Å². The first-order valence-electron chi connectivity index (χ1n) is 8.55. The highest BCUT2D eigenvalue weighted by molar-refractivity contribution is 6.07. The van der Waals surface area contributed by atoms with Gasteiger partial charge in [0.05, 0.1) is 17.6 Å². The number of aromatic nitrogens is 3. The molecule has 0 bridgehead atoms. The number of nitrogens with one attached hydrogen (secondary N) is 1. The monoisotopic (exact) mass is 360 g/mol. The minimum atomic E-state index is -0.477. The molecule has 27 heavy (non-hydrogen) atoms. The van der Waals surface area contributed by atoms with Crippen molar-refractivity contribution in [3.8, 4) is 0 Å². The van der Waals surface area contributed by atoms with Gasteiger partial charge in [-0.3, -0.25) is 14.5 Å². The highest BCUT2D eigenvalue weighted by Gasteiger charge is 2.14. The second-order valence-electron chi connectivity index (χ2n) is 6.17. The minimum Gasteiger partial charge on any atom is -0.305 e. The molecule has 2 heterocycles. The van der Waals surface area contributed by atoms with Crippen molar-refractivity contribution in [2.75, 3.05) is 5.32 Å². The van der Waals surface area contributed by atoms with E-state index in [2.05, 4.69) is 15.4 Å². The van der Waals surface area contributed by atoms with Crippen LogP contribution in [0.1, 0.15) is 21.5 Å². The summed E-state index contributed by atoms with van der Waals surface area (Å²) in [6.07, 6.45) is 3.13. The van der Waals surface area contributed by atoms with Crippen LogP contribution in [0.3, 0.4) is 0 Å². The molecule has 0 aliphatic heterocycles. The molecule has 0 saturated heterocycles. The Morgan fingerprint density at radius 3 is 2.52 bits per heavy atom. The molecule has 0 unspecified atom stereocenters. The average Bonchev–Trinajstić information content (AvgIpc) is 3.06. The van der Waals surface area contributed by atoms with E-state index in [1.54, 1.807) is 30.5 Å². The maximum Gasteiger partial charge on any atom is 0.258 e. The van der Waals surface area contributed by atoms with E-state index in [-0.39, 0.29) is 5.91 Å². The molecule has 0 radical (unpaired) electrons. The minimum absolute atomic E-state index is 0.259. The molecule has 5 nitrogen and oxygen atoms in total. The Labute approximate surface area is 155 Å². The van der Waals surface area contributed by atoms with Gasteiger partial charge >= 0.3 is 0 Å². The van der Waals surface area contributed by atoms with E-state index in [9.17, 15) is 9.18 Å². The van der Waals surface area contributed by atoms with Gasteiger partial charge in [-0.15, -0.1) is 0 Å². The van der Waals surface area contributed by atoms with Gasteiger partial charge in [0, 0.05) is 17.8 Å². The zero-order valence-electron chi connectivity index (χ0n) is 14.5. The van der Waals surface area contributed by atoms with Gasteiger partial charge in [0.25, 0.3) is 5.91 Å². The predicted molar refractivity (Wildman–Crippen MR) is 102 cm³/mol. The van der Waals surface area contributed by atoms with Gasteiger partial charge in [-0.25, -0.2) is 4.39 Å². The van der Waals surface area contributed by atoms with E-state index in [1.807, 2.05) is 41.1 Å². The lowest BCUT2D eigenvalue weighted by molar-refractivity contribution is 0.102. The Morgan fingerprint density at radius 1 is 1.00 bits per heavy atom. The summed E-state index contributed by atoms with van der Waals surface area (Å²) in [5.41, 5.74) is 3.03. The summed E-state index contributed by atoms with van der Waals surface area (Å²) in [6.45, 7) is 0.0470. The average molecular weight is 360 g/mol. The van der Waals surface area contributed by atoms with E-state index >= 15 is 0 Å². The summed E-state index contributed by atoms with van der Waals surface area (Å²) >= 11 is 0. The van der Waals surface area contributed by atoms with Gasteiger partial charge < -0.3 is 5.32 Å². The first-order chi connectivity index (χ1) is 13.2. The fourth-order valence-electron chi connectivity index (χ4n) is 2.92. The SMILES string of the molecule is O=C(Nc1nn(Cc2ccc(CF)cc2)c2ccccc12)c1cccnc1. The van der Waals surface area contributed by atoms with Crippen LogP contribution in [0.5, 0.6) is 0 Å². The Balaban J connectivity index is 1.65. The zero-order chi connectivity index (χ0) is 18.6. The molecule has 0 atom stereocenters. The smallest absolute Gasteiger partial charge is 0.258 e. The predicted octanol–water partition coefficient (Wildman–Crippen LogP) is 4.20. The number of carbonyl (C=O) groups excluding carboxylic acids is 1. The van der Waals surface area contributed by atoms with Gasteiger partial charge in [-0.05, 0) is 35.4 Å². The van der Waals surface area contributed by atoms with Crippen molar-refractivity contribution in [2.24, 2.45) is 0 Å². The third-order valence-electron chi connectivity index (χ3n) is 4.32. The summed E-state index contributed by atoms with van der Waals surface area (Å²) in [4.78, 5) is 16.4. The third kappa shape index (κ3) is 3.55. The number of fused-ring (bicyclic) bond motifs is 1. The Morgan fingerprint density at radius 2 is 1.78 bits per heavy atom. The number of halogens is 1. The van der Waals surface area contributed by atoms with Gasteiger partial charge in [-0.1, -0.05) is 36.4 Å². The molecule has 4 aromatic rings. The number of anilines is 1. The van der Waals surface area contributed by atoms with E-state index in [4.69, 9.17) is 0 Å². The number of hydrogen-bond acceptors (Lipinski definition) is 3. The molecular formula is C21H17FN4O. The molecule has 0 spiro atoms. The van der Waals surface area contributed by atoms with Crippen LogP contribution >= 0.6 is 0 Å². The van der Waals surface area contributed by atoms with E-state index < -0.39 is 6.67 Å². The van der Waals surface area contributed by atoms with E-state index in [1.165, 1.54) is 6.20 Å². The number of para-hydroxylation sites is 1.